The molecular weight excluding hydrogens is 472 g/mol. The number of carboxylic acid groups (broad SMARTS) is 1. The Morgan fingerprint density at radius 1 is 0.842 bits per heavy atom. The van der Waals surface area contributed by atoms with E-state index in [9.17, 15) is 9.90 Å². The molecule has 4 bridgehead atoms. The van der Waals surface area contributed by atoms with Crippen molar-refractivity contribution in [2.75, 3.05) is 19.6 Å². The Kier molecular flexibility index (Phi) is 6.98. The van der Waals surface area contributed by atoms with Crippen LogP contribution in [0.5, 0.6) is 0 Å². The highest BCUT2D eigenvalue weighted by Gasteiger charge is 2.45. The number of imidazole rings is 1. The highest BCUT2D eigenvalue weighted by molar-refractivity contribution is 5.76. The predicted octanol–water partition coefficient (Wildman–Crippen LogP) is 6.22. The van der Waals surface area contributed by atoms with Crippen LogP contribution in [-0.2, 0) is 4.79 Å². The summed E-state index contributed by atoms with van der Waals surface area (Å²) in [7, 11) is 0. The first-order valence-electron chi connectivity index (χ1n) is 15.8. The van der Waals surface area contributed by atoms with Crippen molar-refractivity contribution >= 4 is 17.0 Å². The third-order valence-corrected chi connectivity index (χ3v) is 11.0. The lowest BCUT2D eigenvalue weighted by Gasteiger charge is -2.54. The summed E-state index contributed by atoms with van der Waals surface area (Å²) in [5.41, 5.74) is 2.45. The van der Waals surface area contributed by atoms with Crippen molar-refractivity contribution in [3.05, 3.63) is 30.1 Å². The minimum atomic E-state index is -0.698. The number of rotatable bonds is 6. The Labute approximate surface area is 227 Å². The van der Waals surface area contributed by atoms with Crippen LogP contribution in [0, 0.1) is 11.8 Å². The monoisotopic (exact) mass is 518 g/mol. The second kappa shape index (κ2) is 10.6. The number of likely N-dealkylation sites (tertiary alicyclic amines) is 1. The Morgan fingerprint density at radius 3 is 2.32 bits per heavy atom. The van der Waals surface area contributed by atoms with Gasteiger partial charge in [0.25, 0.3) is 0 Å². The van der Waals surface area contributed by atoms with Crippen molar-refractivity contribution in [3.63, 3.8) is 0 Å². The van der Waals surface area contributed by atoms with Gasteiger partial charge in [-0.25, -0.2) is 4.98 Å². The van der Waals surface area contributed by atoms with Gasteiger partial charge >= 0.3 is 5.97 Å². The summed E-state index contributed by atoms with van der Waals surface area (Å²) < 4.78 is 2.67. The van der Waals surface area contributed by atoms with Crippen LogP contribution in [0.15, 0.2) is 24.3 Å². The maximum atomic E-state index is 11.1. The number of benzene rings is 1. The minimum Gasteiger partial charge on any atom is -0.481 e. The van der Waals surface area contributed by atoms with E-state index in [1.54, 1.807) is 0 Å². The van der Waals surface area contributed by atoms with Crippen LogP contribution in [0.4, 0.5) is 0 Å². The van der Waals surface area contributed by atoms with Crippen molar-refractivity contribution in [2.24, 2.45) is 11.8 Å². The fourth-order valence-electron chi connectivity index (χ4n) is 9.54. The fourth-order valence-corrected chi connectivity index (χ4v) is 9.54. The lowest BCUT2D eigenvalue weighted by atomic mass is 9.73. The van der Waals surface area contributed by atoms with Gasteiger partial charge in [-0.3, -0.25) is 9.69 Å². The molecule has 7 rings (SSSR count). The predicted molar refractivity (Wildman–Crippen MR) is 150 cm³/mol. The number of carboxylic acids is 1. The quantitative estimate of drug-likeness (QED) is 0.492. The second-order valence-corrected chi connectivity index (χ2v) is 13.4. The molecule has 5 aliphatic rings. The number of para-hydroxylation sites is 2. The topological polar surface area (TPSA) is 61.6 Å². The number of piperidine rings is 2. The van der Waals surface area contributed by atoms with Crippen LogP contribution >= 0.6 is 0 Å². The third kappa shape index (κ3) is 4.81. The van der Waals surface area contributed by atoms with Gasteiger partial charge in [0.05, 0.1) is 17.5 Å². The molecule has 6 atom stereocenters. The Balaban J connectivity index is 1.14. The van der Waals surface area contributed by atoms with Gasteiger partial charge in [0.15, 0.2) is 0 Å². The summed E-state index contributed by atoms with van der Waals surface area (Å²) in [5, 5.41) is 9.17. The van der Waals surface area contributed by atoms with E-state index in [1.165, 1.54) is 88.4 Å². The van der Waals surface area contributed by atoms with Crippen LogP contribution < -0.4 is 0 Å². The lowest BCUT2D eigenvalue weighted by molar-refractivity contribution is -0.137. The Bertz CT molecular complexity index is 1120. The molecule has 3 saturated heterocycles. The molecule has 0 radical (unpaired) electrons. The summed E-state index contributed by atoms with van der Waals surface area (Å²) >= 11 is 0. The molecule has 2 aliphatic carbocycles. The molecule has 38 heavy (non-hydrogen) atoms. The van der Waals surface area contributed by atoms with Crippen LogP contribution in [0.2, 0.25) is 0 Å². The lowest BCUT2D eigenvalue weighted by Crippen LogP contribution is -2.58. The van der Waals surface area contributed by atoms with E-state index in [-0.39, 0.29) is 6.42 Å². The van der Waals surface area contributed by atoms with Crippen molar-refractivity contribution in [2.45, 2.75) is 120 Å². The van der Waals surface area contributed by atoms with Gasteiger partial charge in [-0.2, -0.15) is 0 Å². The highest BCUT2D eigenvalue weighted by Crippen LogP contribution is 2.48. The van der Waals surface area contributed by atoms with Gasteiger partial charge < -0.3 is 14.6 Å². The number of aliphatic carboxylic acids is 1. The molecule has 1 N–H and O–H groups in total. The number of fused-ring (bicyclic) bond motifs is 5. The first-order valence-corrected chi connectivity index (χ1v) is 15.8. The zero-order valence-electron chi connectivity index (χ0n) is 23.0. The van der Waals surface area contributed by atoms with Crippen LogP contribution in [0.1, 0.15) is 108 Å². The van der Waals surface area contributed by atoms with E-state index in [2.05, 4.69) is 38.6 Å². The summed E-state index contributed by atoms with van der Waals surface area (Å²) in [4.78, 5) is 21.8. The Morgan fingerprint density at radius 2 is 1.58 bits per heavy atom. The van der Waals surface area contributed by atoms with Gasteiger partial charge in [0, 0.05) is 43.2 Å². The number of aromatic nitrogens is 2. The van der Waals surface area contributed by atoms with E-state index in [1.807, 2.05) is 0 Å². The van der Waals surface area contributed by atoms with Gasteiger partial charge in [-0.05, 0) is 81.9 Å². The molecule has 2 aromatic rings. The average molecular weight is 519 g/mol. The molecule has 0 amide bonds. The molecule has 6 heteroatoms. The van der Waals surface area contributed by atoms with Crippen molar-refractivity contribution in [3.8, 4) is 0 Å². The van der Waals surface area contributed by atoms with Crippen LogP contribution in [-0.4, -0.2) is 68.2 Å². The van der Waals surface area contributed by atoms with E-state index < -0.39 is 5.97 Å². The molecule has 5 fully saturated rings. The maximum absolute atomic E-state index is 11.1. The molecule has 0 spiro atoms. The van der Waals surface area contributed by atoms with Crippen molar-refractivity contribution in [1.29, 1.82) is 0 Å². The number of carbonyl (C=O) groups is 1. The zero-order valence-corrected chi connectivity index (χ0v) is 23.0. The molecule has 206 valence electrons. The largest absolute Gasteiger partial charge is 0.481 e. The molecular formula is C32H46N4O2. The summed E-state index contributed by atoms with van der Waals surface area (Å²) in [6, 6.07) is 11.6. The second-order valence-electron chi connectivity index (χ2n) is 13.4. The van der Waals surface area contributed by atoms with Crippen molar-refractivity contribution in [1.82, 2.24) is 19.4 Å². The SMILES string of the molecule is O=C(O)CCN1CC[C@H](c2nc3ccccc3n2C2C[C@H]3CCC[C@@H](C2)N3C2C[C@@H]3CCCC[C@@H](C2)C3)C1. The first kappa shape index (κ1) is 25.1. The van der Waals surface area contributed by atoms with E-state index in [0.29, 0.717) is 18.5 Å². The van der Waals surface area contributed by atoms with Gasteiger partial charge in [0.2, 0.25) is 0 Å². The average Bonchev–Trinajstić information content (AvgIpc) is 3.49. The molecule has 4 heterocycles. The normalized spacial score (nSPS) is 36.4. The third-order valence-electron chi connectivity index (χ3n) is 11.0. The van der Waals surface area contributed by atoms with E-state index >= 15 is 0 Å². The standard InChI is InChI=1S/C32H46N4O2/c37-31(38)13-15-34-14-12-24(21-34)32-33-29-10-3-4-11-30(29)36(32)28-19-25-8-5-9-26(20-28)35(25)27-17-22-6-1-2-7-23(16-22)18-27/h3-4,10-11,22-28H,1-2,5-9,12-21H2,(H,37,38)/t22-,23-,24+,25-,26+,28?/m1/s1. The molecule has 1 aromatic heterocycles. The molecule has 1 aromatic carbocycles. The van der Waals surface area contributed by atoms with Crippen LogP contribution in [0.25, 0.3) is 11.0 Å². The zero-order chi connectivity index (χ0) is 25.6. The summed E-state index contributed by atoms with van der Waals surface area (Å²) in [6.45, 7) is 2.57. The smallest absolute Gasteiger partial charge is 0.304 e. The van der Waals surface area contributed by atoms with Gasteiger partial charge in [0.1, 0.15) is 5.82 Å². The molecule has 1 unspecified atom stereocenters. The van der Waals surface area contributed by atoms with Crippen molar-refractivity contribution < 1.29 is 9.90 Å². The molecule has 3 aliphatic heterocycles. The van der Waals surface area contributed by atoms with Gasteiger partial charge in [-0.15, -0.1) is 0 Å². The summed E-state index contributed by atoms with van der Waals surface area (Å²) in [5.74, 6) is 2.93. The maximum Gasteiger partial charge on any atom is 0.304 e. The molecule has 6 nitrogen and oxygen atoms in total. The number of hydrogen-bond acceptors (Lipinski definition) is 4. The van der Waals surface area contributed by atoms with E-state index in [4.69, 9.17) is 4.98 Å². The minimum absolute atomic E-state index is 0.230. The van der Waals surface area contributed by atoms with E-state index in [0.717, 1.165) is 55.0 Å². The summed E-state index contributed by atoms with van der Waals surface area (Å²) in [6.07, 6.45) is 18.3. The Hall–Kier alpha value is -1.92. The van der Waals surface area contributed by atoms with Crippen LogP contribution in [0.3, 0.4) is 0 Å². The molecule has 2 saturated carbocycles. The first-order chi connectivity index (χ1) is 18.6. The highest BCUT2D eigenvalue weighted by atomic mass is 16.4. The number of hydrogen-bond donors (Lipinski definition) is 1. The fraction of sp³-hybridized carbons (Fsp3) is 0.750. The number of nitrogens with zero attached hydrogens (tertiary/aromatic N) is 4. The van der Waals surface area contributed by atoms with Gasteiger partial charge in [-0.1, -0.05) is 44.2 Å².